The number of carbonyl (C=O) groups excluding carboxylic acids is 2. The summed E-state index contributed by atoms with van der Waals surface area (Å²) in [6.45, 7) is 0. The SMILES string of the molecule is NC(=O)c1[nH]c2ccccc2c1-c1ccc(NC(=O)Nc2ccc(OC(F)(F)F)cc2)cc1. The van der Waals surface area contributed by atoms with Gasteiger partial charge in [-0.1, -0.05) is 30.3 Å². The van der Waals surface area contributed by atoms with E-state index in [1.165, 1.54) is 12.1 Å². The van der Waals surface area contributed by atoms with Crippen LogP contribution in [-0.4, -0.2) is 23.3 Å². The molecular formula is C23H17F3N4O3. The molecule has 33 heavy (non-hydrogen) atoms. The van der Waals surface area contributed by atoms with E-state index < -0.39 is 24.1 Å². The number of carbonyl (C=O) groups is 2. The summed E-state index contributed by atoms with van der Waals surface area (Å²) in [6.07, 6.45) is -4.79. The van der Waals surface area contributed by atoms with Crippen LogP contribution in [-0.2, 0) is 0 Å². The summed E-state index contributed by atoms with van der Waals surface area (Å²) in [7, 11) is 0. The normalized spacial score (nSPS) is 11.2. The number of amides is 3. The molecule has 3 amide bonds. The van der Waals surface area contributed by atoms with E-state index >= 15 is 0 Å². The summed E-state index contributed by atoms with van der Waals surface area (Å²) in [5, 5.41) is 5.98. The summed E-state index contributed by atoms with van der Waals surface area (Å²) >= 11 is 0. The van der Waals surface area contributed by atoms with Crippen molar-refractivity contribution in [1.82, 2.24) is 4.98 Å². The van der Waals surface area contributed by atoms with Gasteiger partial charge in [-0.15, -0.1) is 13.2 Å². The summed E-state index contributed by atoms with van der Waals surface area (Å²) in [4.78, 5) is 27.2. The van der Waals surface area contributed by atoms with Gasteiger partial charge in [-0.05, 0) is 48.0 Å². The largest absolute Gasteiger partial charge is 0.573 e. The molecule has 0 aliphatic rings. The maximum absolute atomic E-state index is 12.2. The quantitative estimate of drug-likeness (QED) is 0.321. The number of benzene rings is 3. The molecule has 0 saturated heterocycles. The van der Waals surface area contributed by atoms with E-state index in [1.54, 1.807) is 24.3 Å². The number of H-pyrrole nitrogens is 1. The molecule has 0 fully saturated rings. The molecule has 7 nitrogen and oxygen atoms in total. The standard InChI is InChI=1S/C23H17F3N4O3/c24-23(25,26)33-16-11-9-15(10-12-16)29-22(32)28-14-7-5-13(6-8-14)19-17-3-1-2-4-18(17)30-20(19)21(27)31/h1-12,30H,(H2,27,31)(H2,28,29,32). The molecule has 4 rings (SSSR count). The Morgan fingerprint density at radius 3 is 2.00 bits per heavy atom. The van der Waals surface area contributed by atoms with Crippen LogP contribution < -0.4 is 21.1 Å². The van der Waals surface area contributed by atoms with E-state index in [9.17, 15) is 22.8 Å². The third-order valence-electron chi connectivity index (χ3n) is 4.73. The van der Waals surface area contributed by atoms with Crippen molar-refractivity contribution in [3.05, 3.63) is 78.5 Å². The molecule has 0 spiro atoms. The number of alkyl halides is 3. The number of aromatic nitrogens is 1. The molecule has 1 aromatic heterocycles. The molecule has 10 heteroatoms. The maximum atomic E-state index is 12.2. The van der Waals surface area contributed by atoms with Crippen LogP contribution in [0, 0.1) is 0 Å². The van der Waals surface area contributed by atoms with E-state index in [1.807, 2.05) is 24.3 Å². The molecule has 5 N–H and O–H groups in total. The van der Waals surface area contributed by atoms with Gasteiger partial charge in [0, 0.05) is 27.8 Å². The molecule has 1 heterocycles. The lowest BCUT2D eigenvalue weighted by Gasteiger charge is -2.11. The lowest BCUT2D eigenvalue weighted by molar-refractivity contribution is -0.274. The Hall–Kier alpha value is -4.47. The van der Waals surface area contributed by atoms with Crippen molar-refractivity contribution < 1.29 is 27.5 Å². The van der Waals surface area contributed by atoms with Crippen molar-refractivity contribution in [1.29, 1.82) is 0 Å². The fourth-order valence-corrected chi connectivity index (χ4v) is 3.38. The number of primary amides is 1. The average molecular weight is 454 g/mol. The number of hydrogen-bond donors (Lipinski definition) is 4. The molecule has 0 saturated carbocycles. The van der Waals surface area contributed by atoms with Crippen molar-refractivity contribution in [3.8, 4) is 16.9 Å². The number of nitrogens with two attached hydrogens (primary N) is 1. The summed E-state index contributed by atoms with van der Waals surface area (Å²) < 4.78 is 40.5. The highest BCUT2D eigenvalue weighted by atomic mass is 19.4. The topological polar surface area (TPSA) is 109 Å². The minimum Gasteiger partial charge on any atom is -0.406 e. The van der Waals surface area contributed by atoms with E-state index in [0.29, 0.717) is 11.3 Å². The molecule has 0 bridgehead atoms. The second-order valence-corrected chi connectivity index (χ2v) is 7.01. The Bertz CT molecular complexity index is 1310. The number of nitrogens with one attached hydrogen (secondary N) is 3. The van der Waals surface area contributed by atoms with Crippen molar-refractivity contribution in [2.45, 2.75) is 6.36 Å². The van der Waals surface area contributed by atoms with Crippen molar-refractivity contribution in [3.63, 3.8) is 0 Å². The number of anilines is 2. The number of hydrogen-bond acceptors (Lipinski definition) is 3. The van der Waals surface area contributed by atoms with Gasteiger partial charge in [0.05, 0.1) is 0 Å². The van der Waals surface area contributed by atoms with Crippen LogP contribution in [0.15, 0.2) is 72.8 Å². The van der Waals surface area contributed by atoms with Gasteiger partial charge in [0.1, 0.15) is 11.4 Å². The fraction of sp³-hybridized carbons (Fsp3) is 0.0435. The Balaban J connectivity index is 1.46. The van der Waals surface area contributed by atoms with Gasteiger partial charge in [0.15, 0.2) is 0 Å². The highest BCUT2D eigenvalue weighted by Crippen LogP contribution is 2.33. The monoisotopic (exact) mass is 454 g/mol. The first-order valence-corrected chi connectivity index (χ1v) is 9.64. The Kier molecular flexibility index (Phi) is 5.65. The number of para-hydroxylation sites is 1. The van der Waals surface area contributed by atoms with Crippen molar-refractivity contribution in [2.75, 3.05) is 10.6 Å². The molecule has 0 atom stereocenters. The minimum atomic E-state index is -4.79. The van der Waals surface area contributed by atoms with Gasteiger partial charge in [-0.25, -0.2) is 4.79 Å². The number of fused-ring (bicyclic) bond motifs is 1. The van der Waals surface area contributed by atoms with Gasteiger partial charge in [-0.2, -0.15) is 0 Å². The lowest BCUT2D eigenvalue weighted by Crippen LogP contribution is -2.19. The Labute approximate surface area is 185 Å². The van der Waals surface area contributed by atoms with Gasteiger partial charge in [0.25, 0.3) is 5.91 Å². The minimum absolute atomic E-state index is 0.281. The second kappa shape index (κ2) is 8.58. The predicted molar refractivity (Wildman–Crippen MR) is 118 cm³/mol. The highest BCUT2D eigenvalue weighted by Gasteiger charge is 2.31. The summed E-state index contributed by atoms with van der Waals surface area (Å²) in [5.41, 5.74) is 8.72. The van der Waals surface area contributed by atoms with Gasteiger partial charge in [-0.3, -0.25) is 4.79 Å². The second-order valence-electron chi connectivity index (χ2n) is 7.01. The Morgan fingerprint density at radius 1 is 0.848 bits per heavy atom. The maximum Gasteiger partial charge on any atom is 0.573 e. The van der Waals surface area contributed by atoms with Crippen LogP contribution in [0.25, 0.3) is 22.0 Å². The molecule has 4 aromatic rings. The summed E-state index contributed by atoms with van der Waals surface area (Å²) in [5.74, 6) is -0.980. The van der Waals surface area contributed by atoms with E-state index in [4.69, 9.17) is 5.73 Å². The molecule has 0 aliphatic carbocycles. The predicted octanol–water partition coefficient (Wildman–Crippen LogP) is 5.48. The zero-order valence-electron chi connectivity index (χ0n) is 16.9. The number of aromatic amines is 1. The third-order valence-corrected chi connectivity index (χ3v) is 4.73. The first kappa shape index (κ1) is 21.8. The molecule has 0 radical (unpaired) electrons. The first-order chi connectivity index (χ1) is 15.7. The molecule has 3 aromatic carbocycles. The average Bonchev–Trinajstić information content (AvgIpc) is 3.15. The number of rotatable bonds is 5. The highest BCUT2D eigenvalue weighted by molar-refractivity contribution is 6.09. The van der Waals surface area contributed by atoms with Crippen LogP contribution in [0.1, 0.15) is 10.5 Å². The number of halogens is 3. The molecule has 0 unspecified atom stereocenters. The van der Waals surface area contributed by atoms with E-state index in [0.717, 1.165) is 28.6 Å². The zero-order valence-corrected chi connectivity index (χ0v) is 16.9. The summed E-state index contributed by atoms with van der Waals surface area (Å²) in [6, 6.07) is 18.4. The van der Waals surface area contributed by atoms with Crippen LogP contribution >= 0.6 is 0 Å². The first-order valence-electron chi connectivity index (χ1n) is 9.64. The van der Waals surface area contributed by atoms with E-state index in [2.05, 4.69) is 20.4 Å². The van der Waals surface area contributed by atoms with Gasteiger partial charge >= 0.3 is 12.4 Å². The van der Waals surface area contributed by atoms with E-state index in [-0.39, 0.29) is 11.4 Å². The lowest BCUT2D eigenvalue weighted by atomic mass is 10.0. The van der Waals surface area contributed by atoms with Crippen LogP contribution in [0.4, 0.5) is 29.3 Å². The van der Waals surface area contributed by atoms with Gasteiger partial charge < -0.3 is 26.1 Å². The van der Waals surface area contributed by atoms with Crippen molar-refractivity contribution in [2.24, 2.45) is 5.73 Å². The molecular weight excluding hydrogens is 437 g/mol. The van der Waals surface area contributed by atoms with Crippen LogP contribution in [0.5, 0.6) is 5.75 Å². The van der Waals surface area contributed by atoms with Crippen LogP contribution in [0.2, 0.25) is 0 Å². The van der Waals surface area contributed by atoms with Crippen LogP contribution in [0.3, 0.4) is 0 Å². The van der Waals surface area contributed by atoms with Crippen molar-refractivity contribution >= 4 is 34.2 Å². The number of ether oxygens (including phenoxy) is 1. The van der Waals surface area contributed by atoms with Gasteiger partial charge in [0.2, 0.25) is 0 Å². The zero-order chi connectivity index (χ0) is 23.6. The molecule has 0 aliphatic heterocycles. The Morgan fingerprint density at radius 2 is 1.42 bits per heavy atom. The fourth-order valence-electron chi connectivity index (χ4n) is 3.38. The molecule has 168 valence electrons. The number of urea groups is 1. The smallest absolute Gasteiger partial charge is 0.406 e. The third kappa shape index (κ3) is 5.06.